The van der Waals surface area contributed by atoms with E-state index in [1.807, 2.05) is 22.6 Å². The second-order valence-electron chi connectivity index (χ2n) is 4.12. The van der Waals surface area contributed by atoms with Crippen LogP contribution in [0.2, 0.25) is 0 Å². The van der Waals surface area contributed by atoms with E-state index >= 15 is 0 Å². The maximum atomic E-state index is 11.7. The van der Waals surface area contributed by atoms with Gasteiger partial charge in [0, 0.05) is 9.64 Å². The van der Waals surface area contributed by atoms with Crippen LogP contribution in [-0.2, 0) is 4.79 Å². The number of anilines is 1. The third-order valence-corrected chi connectivity index (χ3v) is 3.09. The molecule has 1 amide bonds. The number of nitrogens with zero attached hydrogens (tertiary/aromatic N) is 1. The number of ether oxygens (including phenoxy) is 1. The van der Waals surface area contributed by atoms with Crippen molar-refractivity contribution in [1.29, 1.82) is 0 Å². The van der Waals surface area contributed by atoms with E-state index in [9.17, 15) is 9.59 Å². The monoisotopic (exact) mass is 402 g/mol. The van der Waals surface area contributed by atoms with E-state index in [1.165, 1.54) is 12.1 Å². The van der Waals surface area contributed by atoms with Crippen molar-refractivity contribution in [2.75, 3.05) is 11.9 Å². The standard InChI is InChI=1S/C13H11IN2O5/c1-7-4-12(21-16-7)15-11(17)6-20-10-3-2-8(14)5-9(10)13(18)19/h2-5H,6H2,1H3,(H,15,17)(H,18,19). The fraction of sp³-hybridized carbons (Fsp3) is 0.154. The van der Waals surface area contributed by atoms with Crippen LogP contribution in [0.25, 0.3) is 0 Å². The Morgan fingerprint density at radius 1 is 1.43 bits per heavy atom. The average molecular weight is 402 g/mol. The van der Waals surface area contributed by atoms with Gasteiger partial charge in [-0.2, -0.15) is 0 Å². The Kier molecular flexibility index (Phi) is 4.78. The van der Waals surface area contributed by atoms with Gasteiger partial charge in [-0.3, -0.25) is 10.1 Å². The van der Waals surface area contributed by atoms with Crippen LogP contribution in [0, 0.1) is 10.5 Å². The topological polar surface area (TPSA) is 102 Å². The molecule has 1 aromatic carbocycles. The third-order valence-electron chi connectivity index (χ3n) is 2.42. The smallest absolute Gasteiger partial charge is 0.339 e. The summed E-state index contributed by atoms with van der Waals surface area (Å²) in [6.45, 7) is 1.39. The molecule has 0 aliphatic heterocycles. The first-order valence-corrected chi connectivity index (χ1v) is 6.92. The van der Waals surface area contributed by atoms with Crippen molar-refractivity contribution in [3.63, 3.8) is 0 Å². The van der Waals surface area contributed by atoms with Crippen LogP contribution in [0.4, 0.5) is 5.88 Å². The van der Waals surface area contributed by atoms with Crippen LogP contribution in [0.3, 0.4) is 0 Å². The predicted octanol–water partition coefficient (Wildman–Crippen LogP) is 2.30. The van der Waals surface area contributed by atoms with E-state index in [2.05, 4.69) is 10.5 Å². The maximum absolute atomic E-state index is 11.7. The van der Waals surface area contributed by atoms with Crippen LogP contribution in [0.1, 0.15) is 16.1 Å². The van der Waals surface area contributed by atoms with Gasteiger partial charge in [-0.25, -0.2) is 4.79 Å². The third kappa shape index (κ3) is 4.18. The fourth-order valence-corrected chi connectivity index (χ4v) is 2.03. The summed E-state index contributed by atoms with van der Waals surface area (Å²) >= 11 is 2.00. The number of aromatic nitrogens is 1. The summed E-state index contributed by atoms with van der Waals surface area (Å²) in [6.07, 6.45) is 0. The minimum Gasteiger partial charge on any atom is -0.483 e. The van der Waals surface area contributed by atoms with E-state index in [-0.39, 0.29) is 23.8 Å². The Balaban J connectivity index is 1.99. The second-order valence-corrected chi connectivity index (χ2v) is 5.36. The molecule has 0 aliphatic carbocycles. The normalized spacial score (nSPS) is 10.2. The molecule has 110 valence electrons. The number of benzene rings is 1. The number of halogens is 1. The first kappa shape index (κ1) is 15.3. The minimum absolute atomic E-state index is 0.00482. The average Bonchev–Trinajstić information content (AvgIpc) is 2.82. The molecule has 2 rings (SSSR count). The van der Waals surface area contributed by atoms with Crippen molar-refractivity contribution in [1.82, 2.24) is 5.16 Å². The maximum Gasteiger partial charge on any atom is 0.339 e. The highest BCUT2D eigenvalue weighted by Gasteiger charge is 2.14. The number of carboxylic acids is 1. The number of amides is 1. The Bertz CT molecular complexity index is 683. The summed E-state index contributed by atoms with van der Waals surface area (Å²) in [5.41, 5.74) is 0.641. The Morgan fingerprint density at radius 3 is 2.81 bits per heavy atom. The summed E-state index contributed by atoms with van der Waals surface area (Å²) in [6, 6.07) is 6.23. The number of hydrogen-bond acceptors (Lipinski definition) is 5. The highest BCUT2D eigenvalue weighted by Crippen LogP contribution is 2.21. The summed E-state index contributed by atoms with van der Waals surface area (Å²) < 4.78 is 10.8. The van der Waals surface area contributed by atoms with Gasteiger partial charge >= 0.3 is 5.97 Å². The Labute approximate surface area is 133 Å². The number of carbonyl (C=O) groups is 2. The first-order valence-electron chi connectivity index (χ1n) is 5.84. The molecule has 0 saturated carbocycles. The van der Waals surface area contributed by atoms with Crippen molar-refractivity contribution in [3.8, 4) is 5.75 Å². The molecule has 0 bridgehead atoms. The summed E-state index contributed by atoms with van der Waals surface area (Å²) in [4.78, 5) is 22.8. The molecule has 0 fully saturated rings. The van der Waals surface area contributed by atoms with Gasteiger partial charge in [-0.15, -0.1) is 0 Å². The van der Waals surface area contributed by atoms with E-state index in [0.717, 1.165) is 3.57 Å². The second kappa shape index (κ2) is 6.57. The largest absolute Gasteiger partial charge is 0.483 e. The molecule has 21 heavy (non-hydrogen) atoms. The number of nitrogens with one attached hydrogen (secondary N) is 1. The fourth-order valence-electron chi connectivity index (χ4n) is 1.53. The van der Waals surface area contributed by atoms with Gasteiger partial charge in [0.15, 0.2) is 6.61 Å². The van der Waals surface area contributed by atoms with Crippen molar-refractivity contribution in [2.24, 2.45) is 0 Å². The van der Waals surface area contributed by atoms with Crippen LogP contribution in [0.15, 0.2) is 28.8 Å². The zero-order valence-electron chi connectivity index (χ0n) is 10.9. The molecule has 0 aliphatic rings. The van der Waals surface area contributed by atoms with Gasteiger partial charge in [-0.05, 0) is 47.7 Å². The zero-order valence-corrected chi connectivity index (χ0v) is 13.1. The highest BCUT2D eigenvalue weighted by molar-refractivity contribution is 14.1. The molecule has 7 nitrogen and oxygen atoms in total. The van der Waals surface area contributed by atoms with Crippen LogP contribution in [0.5, 0.6) is 5.75 Å². The Morgan fingerprint density at radius 2 is 2.19 bits per heavy atom. The van der Waals surface area contributed by atoms with Crippen LogP contribution in [-0.4, -0.2) is 28.7 Å². The van der Waals surface area contributed by atoms with Gasteiger partial charge in [-0.1, -0.05) is 5.16 Å². The van der Waals surface area contributed by atoms with E-state index in [1.54, 1.807) is 19.1 Å². The molecule has 1 aromatic heterocycles. The van der Waals surface area contributed by atoms with Crippen LogP contribution < -0.4 is 10.1 Å². The van der Waals surface area contributed by atoms with E-state index in [0.29, 0.717) is 5.69 Å². The van der Waals surface area contributed by atoms with Crippen LogP contribution >= 0.6 is 22.6 Å². The molecule has 0 unspecified atom stereocenters. The van der Waals surface area contributed by atoms with Gasteiger partial charge < -0.3 is 14.4 Å². The van der Waals surface area contributed by atoms with Crippen molar-refractivity contribution < 1.29 is 24.0 Å². The van der Waals surface area contributed by atoms with Crippen molar-refractivity contribution in [3.05, 3.63) is 39.1 Å². The van der Waals surface area contributed by atoms with Crippen molar-refractivity contribution >= 4 is 40.4 Å². The van der Waals surface area contributed by atoms with Gasteiger partial charge in [0.05, 0.1) is 5.69 Å². The van der Waals surface area contributed by atoms with Crippen molar-refractivity contribution in [2.45, 2.75) is 6.92 Å². The van der Waals surface area contributed by atoms with Gasteiger partial charge in [0.25, 0.3) is 5.91 Å². The first-order chi connectivity index (χ1) is 9.95. The van der Waals surface area contributed by atoms with Gasteiger partial charge in [0.1, 0.15) is 11.3 Å². The predicted molar refractivity (Wildman–Crippen MR) is 81.5 cm³/mol. The molecule has 2 N–H and O–H groups in total. The van der Waals surface area contributed by atoms with Gasteiger partial charge in [0.2, 0.25) is 5.88 Å². The quantitative estimate of drug-likeness (QED) is 0.745. The summed E-state index contributed by atoms with van der Waals surface area (Å²) in [5.74, 6) is -1.25. The van der Waals surface area contributed by atoms with E-state index in [4.69, 9.17) is 14.4 Å². The number of carbonyl (C=O) groups excluding carboxylic acids is 1. The Hall–Kier alpha value is -2.10. The zero-order chi connectivity index (χ0) is 15.4. The molecular formula is C13H11IN2O5. The number of aryl methyl sites for hydroxylation is 1. The molecule has 2 aromatic rings. The molecule has 1 heterocycles. The minimum atomic E-state index is -1.12. The lowest BCUT2D eigenvalue weighted by atomic mass is 10.2. The summed E-state index contributed by atoms with van der Waals surface area (Å²) in [5, 5.41) is 15.2. The SMILES string of the molecule is Cc1cc(NC(=O)COc2ccc(I)cc2C(=O)O)on1. The number of carboxylic acid groups (broad SMARTS) is 1. The summed E-state index contributed by atoms with van der Waals surface area (Å²) in [7, 11) is 0. The number of hydrogen-bond donors (Lipinski definition) is 2. The highest BCUT2D eigenvalue weighted by atomic mass is 127. The van der Waals surface area contributed by atoms with E-state index < -0.39 is 11.9 Å². The molecule has 0 atom stereocenters. The molecular weight excluding hydrogens is 391 g/mol. The molecule has 0 spiro atoms. The lowest BCUT2D eigenvalue weighted by molar-refractivity contribution is -0.118. The lowest BCUT2D eigenvalue weighted by Gasteiger charge is -2.08. The molecule has 0 radical (unpaired) electrons. The number of aromatic carboxylic acids is 1. The molecule has 8 heteroatoms. The number of rotatable bonds is 5. The lowest BCUT2D eigenvalue weighted by Crippen LogP contribution is -2.20. The molecule has 0 saturated heterocycles.